The van der Waals surface area contributed by atoms with Crippen LogP contribution >= 0.6 is 0 Å². The monoisotopic (exact) mass is 229 g/mol. The van der Waals surface area contributed by atoms with Gasteiger partial charge < -0.3 is 9.47 Å². The Morgan fingerprint density at radius 1 is 1.53 bits per heavy atom. The third-order valence-electron chi connectivity index (χ3n) is 2.93. The summed E-state index contributed by atoms with van der Waals surface area (Å²) < 4.78 is 1.64. The molecule has 17 heavy (non-hydrogen) atoms. The van der Waals surface area contributed by atoms with Crippen LogP contribution in [0, 0.1) is 11.3 Å². The van der Waals surface area contributed by atoms with Crippen LogP contribution in [0.2, 0.25) is 0 Å². The van der Waals surface area contributed by atoms with Crippen LogP contribution in [-0.4, -0.2) is 30.1 Å². The van der Waals surface area contributed by atoms with E-state index in [1.165, 1.54) is 0 Å². The van der Waals surface area contributed by atoms with Crippen LogP contribution in [0.4, 0.5) is 0 Å². The van der Waals surface area contributed by atoms with Crippen LogP contribution in [0.3, 0.4) is 0 Å². The van der Waals surface area contributed by atoms with E-state index in [2.05, 4.69) is 0 Å². The summed E-state index contributed by atoms with van der Waals surface area (Å²) in [5.74, 6) is 0. The number of rotatable bonds is 3. The average Bonchev–Trinajstić information content (AvgIpc) is 2.74. The second kappa shape index (κ2) is 4.56. The van der Waals surface area contributed by atoms with Crippen molar-refractivity contribution in [1.29, 1.82) is 5.26 Å². The molecule has 0 saturated carbocycles. The Balaban J connectivity index is 2.45. The van der Waals surface area contributed by atoms with Gasteiger partial charge in [0.1, 0.15) is 11.6 Å². The molecule has 0 radical (unpaired) electrons. The highest BCUT2D eigenvalue weighted by atomic mass is 16.1. The maximum absolute atomic E-state index is 12.0. The number of nitrogens with zero attached hydrogens (tertiary/aromatic N) is 3. The lowest BCUT2D eigenvalue weighted by atomic mass is 10.1. The van der Waals surface area contributed by atoms with Gasteiger partial charge in [0.05, 0.1) is 0 Å². The lowest BCUT2D eigenvalue weighted by molar-refractivity contribution is 0.413. The number of fused-ring (bicyclic) bond motifs is 1. The zero-order valence-electron chi connectivity index (χ0n) is 10.1. The van der Waals surface area contributed by atoms with Gasteiger partial charge in [-0.05, 0) is 38.2 Å². The summed E-state index contributed by atoms with van der Waals surface area (Å²) in [6, 6.07) is 3.99. The SMILES string of the molecule is CN(C)CCc1cc2n(c(=O)c1C#N)CC=C2. The maximum Gasteiger partial charge on any atom is 0.269 e. The Morgan fingerprint density at radius 2 is 2.29 bits per heavy atom. The van der Waals surface area contributed by atoms with Crippen LogP contribution in [0.5, 0.6) is 0 Å². The molecule has 4 nitrogen and oxygen atoms in total. The number of aromatic nitrogens is 1. The van der Waals surface area contributed by atoms with Gasteiger partial charge in [-0.1, -0.05) is 6.08 Å². The Kier molecular flexibility index (Phi) is 3.12. The van der Waals surface area contributed by atoms with Crippen LogP contribution in [0.15, 0.2) is 16.9 Å². The molecule has 0 fully saturated rings. The molecule has 1 aliphatic heterocycles. The fourth-order valence-corrected chi connectivity index (χ4v) is 1.98. The Morgan fingerprint density at radius 3 is 2.94 bits per heavy atom. The molecule has 0 unspecified atom stereocenters. The first kappa shape index (κ1) is 11.6. The molecule has 0 aromatic carbocycles. The molecule has 0 N–H and O–H groups in total. The lowest BCUT2D eigenvalue weighted by Crippen LogP contribution is -2.25. The normalized spacial score (nSPS) is 12.8. The predicted octanol–water partition coefficient (Wildman–Crippen LogP) is 0.851. The van der Waals surface area contributed by atoms with Crippen molar-refractivity contribution in [2.24, 2.45) is 0 Å². The molecule has 1 aromatic heterocycles. The zero-order chi connectivity index (χ0) is 12.4. The molecule has 0 amide bonds. The molecule has 1 aromatic rings. The van der Waals surface area contributed by atoms with E-state index in [-0.39, 0.29) is 5.56 Å². The van der Waals surface area contributed by atoms with Crippen LogP contribution < -0.4 is 5.56 Å². The predicted molar refractivity (Wildman–Crippen MR) is 66.7 cm³/mol. The van der Waals surface area contributed by atoms with E-state index in [1.807, 2.05) is 43.3 Å². The van der Waals surface area contributed by atoms with Gasteiger partial charge in [0.2, 0.25) is 0 Å². The molecule has 88 valence electrons. The van der Waals surface area contributed by atoms with Gasteiger partial charge in [0, 0.05) is 18.8 Å². The first-order valence-corrected chi connectivity index (χ1v) is 5.61. The summed E-state index contributed by atoms with van der Waals surface area (Å²) in [5.41, 5.74) is 1.88. The standard InChI is InChI=1S/C13H15N3O/c1-15(2)7-5-10-8-11-4-3-6-16(11)13(17)12(10)9-14/h3-4,8H,5-7H2,1-2H3. The van der Waals surface area contributed by atoms with Crippen molar-refractivity contribution >= 4 is 6.08 Å². The van der Waals surface area contributed by atoms with E-state index in [0.717, 1.165) is 24.2 Å². The molecule has 0 atom stereocenters. The third-order valence-corrected chi connectivity index (χ3v) is 2.93. The van der Waals surface area contributed by atoms with Crippen molar-refractivity contribution in [3.05, 3.63) is 39.3 Å². The van der Waals surface area contributed by atoms with Crippen molar-refractivity contribution in [2.45, 2.75) is 13.0 Å². The number of likely N-dealkylation sites (N-methyl/N-ethyl adjacent to an activating group) is 1. The van der Waals surface area contributed by atoms with Crippen molar-refractivity contribution < 1.29 is 0 Å². The quantitative estimate of drug-likeness (QED) is 0.772. The van der Waals surface area contributed by atoms with Gasteiger partial charge in [0.15, 0.2) is 0 Å². The molecular weight excluding hydrogens is 214 g/mol. The largest absolute Gasteiger partial charge is 0.309 e. The summed E-state index contributed by atoms with van der Waals surface area (Å²) >= 11 is 0. The minimum absolute atomic E-state index is 0.163. The van der Waals surface area contributed by atoms with Gasteiger partial charge in [-0.2, -0.15) is 5.26 Å². The van der Waals surface area contributed by atoms with Gasteiger partial charge in [0.25, 0.3) is 5.56 Å². The topological polar surface area (TPSA) is 49.0 Å². The van der Waals surface area contributed by atoms with Crippen molar-refractivity contribution in [2.75, 3.05) is 20.6 Å². The van der Waals surface area contributed by atoms with Crippen molar-refractivity contribution in [3.8, 4) is 6.07 Å². The molecule has 0 bridgehead atoms. The summed E-state index contributed by atoms with van der Waals surface area (Å²) in [7, 11) is 3.96. The van der Waals surface area contributed by atoms with Crippen LogP contribution in [0.25, 0.3) is 6.08 Å². The second-order valence-electron chi connectivity index (χ2n) is 4.45. The number of allylic oxidation sites excluding steroid dienone is 1. The minimum Gasteiger partial charge on any atom is -0.309 e. The summed E-state index contributed by atoms with van der Waals surface area (Å²) in [4.78, 5) is 14.1. The highest BCUT2D eigenvalue weighted by Gasteiger charge is 2.15. The summed E-state index contributed by atoms with van der Waals surface area (Å²) in [6.07, 6.45) is 4.60. The molecule has 0 saturated heterocycles. The maximum atomic E-state index is 12.0. The molecular formula is C13H15N3O. The molecule has 0 aliphatic carbocycles. The van der Waals surface area contributed by atoms with E-state index in [4.69, 9.17) is 5.26 Å². The van der Waals surface area contributed by atoms with E-state index < -0.39 is 0 Å². The molecule has 0 spiro atoms. The van der Waals surface area contributed by atoms with Gasteiger partial charge in [-0.3, -0.25) is 4.79 Å². The second-order valence-corrected chi connectivity index (χ2v) is 4.45. The van der Waals surface area contributed by atoms with Gasteiger partial charge in [-0.15, -0.1) is 0 Å². The third kappa shape index (κ3) is 2.15. The van der Waals surface area contributed by atoms with E-state index in [9.17, 15) is 4.79 Å². The van der Waals surface area contributed by atoms with Crippen molar-refractivity contribution in [1.82, 2.24) is 9.47 Å². The fraction of sp³-hybridized carbons (Fsp3) is 0.385. The molecule has 2 rings (SSSR count). The van der Waals surface area contributed by atoms with Crippen LogP contribution in [0.1, 0.15) is 16.8 Å². The first-order chi connectivity index (χ1) is 8.13. The lowest BCUT2D eigenvalue weighted by Gasteiger charge is -2.12. The fourth-order valence-electron chi connectivity index (χ4n) is 1.98. The smallest absolute Gasteiger partial charge is 0.269 e. The van der Waals surface area contributed by atoms with Crippen molar-refractivity contribution in [3.63, 3.8) is 0 Å². The molecule has 1 aliphatic rings. The Hall–Kier alpha value is -1.86. The Bertz CT molecular complexity index is 561. The number of nitriles is 1. The van der Waals surface area contributed by atoms with Gasteiger partial charge >= 0.3 is 0 Å². The van der Waals surface area contributed by atoms with Crippen LogP contribution in [-0.2, 0) is 13.0 Å². The number of hydrogen-bond acceptors (Lipinski definition) is 3. The number of pyridine rings is 1. The zero-order valence-corrected chi connectivity index (χ0v) is 10.1. The van der Waals surface area contributed by atoms with Gasteiger partial charge in [-0.25, -0.2) is 0 Å². The average molecular weight is 229 g/mol. The molecule has 4 heteroatoms. The van der Waals surface area contributed by atoms with E-state index in [0.29, 0.717) is 12.1 Å². The first-order valence-electron chi connectivity index (χ1n) is 5.61. The summed E-state index contributed by atoms with van der Waals surface area (Å²) in [5, 5.41) is 9.10. The highest BCUT2D eigenvalue weighted by molar-refractivity contribution is 5.53. The minimum atomic E-state index is -0.163. The van der Waals surface area contributed by atoms with E-state index in [1.54, 1.807) is 4.57 Å². The Labute approximate surface area is 100 Å². The summed E-state index contributed by atoms with van der Waals surface area (Å²) in [6.45, 7) is 1.41. The highest BCUT2D eigenvalue weighted by Crippen LogP contribution is 2.14. The van der Waals surface area contributed by atoms with E-state index >= 15 is 0 Å². The number of hydrogen-bond donors (Lipinski definition) is 0. The molecule has 2 heterocycles.